The summed E-state index contributed by atoms with van der Waals surface area (Å²) in [5.74, 6) is -0.852. The van der Waals surface area contributed by atoms with Crippen LogP contribution in [0.5, 0.6) is 5.75 Å². The lowest BCUT2D eigenvalue weighted by atomic mass is 10.0. The van der Waals surface area contributed by atoms with E-state index in [4.69, 9.17) is 4.74 Å². The van der Waals surface area contributed by atoms with Crippen LogP contribution in [-0.4, -0.2) is 50.4 Å². The van der Waals surface area contributed by atoms with Crippen LogP contribution in [0.3, 0.4) is 0 Å². The van der Waals surface area contributed by atoms with Crippen LogP contribution in [0.15, 0.2) is 114 Å². The fraction of sp³-hybridized carbons (Fsp3) is 0.278. The predicted molar refractivity (Wildman–Crippen MR) is 177 cm³/mol. The third-order valence-electron chi connectivity index (χ3n) is 7.58. The molecule has 10 heteroatoms. The molecule has 0 bridgehead atoms. The Bertz CT molecular complexity index is 1670. The van der Waals surface area contributed by atoms with E-state index in [1.165, 1.54) is 29.2 Å². The lowest BCUT2D eigenvalue weighted by Crippen LogP contribution is -2.54. The number of hydrogen-bond acceptors (Lipinski definition) is 5. The van der Waals surface area contributed by atoms with E-state index in [2.05, 4.69) is 5.32 Å². The Kier molecular flexibility index (Phi) is 11.9. The van der Waals surface area contributed by atoms with Gasteiger partial charge in [0.15, 0.2) is 0 Å². The van der Waals surface area contributed by atoms with Crippen LogP contribution in [-0.2, 0) is 32.6 Å². The summed E-state index contributed by atoms with van der Waals surface area (Å²) in [7, 11) is -4.22. The number of nitrogens with zero attached hydrogens (tertiary/aromatic N) is 2. The molecule has 0 radical (unpaired) electrons. The summed E-state index contributed by atoms with van der Waals surface area (Å²) in [6.45, 7) is 5.47. The van der Waals surface area contributed by atoms with Crippen molar-refractivity contribution in [1.29, 1.82) is 0 Å². The molecule has 0 aliphatic rings. The van der Waals surface area contributed by atoms with Crippen molar-refractivity contribution < 1.29 is 27.1 Å². The van der Waals surface area contributed by atoms with Gasteiger partial charge in [0.1, 0.15) is 24.2 Å². The second-order valence-electron chi connectivity index (χ2n) is 10.9. The van der Waals surface area contributed by atoms with Crippen molar-refractivity contribution in [2.24, 2.45) is 0 Å². The normalized spacial score (nSPS) is 12.5. The van der Waals surface area contributed by atoms with E-state index in [9.17, 15) is 22.4 Å². The molecule has 2 amide bonds. The zero-order valence-electron chi connectivity index (χ0n) is 26.3. The summed E-state index contributed by atoms with van der Waals surface area (Å²) in [6.07, 6.45) is 0.862. The number of sulfonamides is 1. The molecule has 4 aromatic carbocycles. The van der Waals surface area contributed by atoms with Crippen LogP contribution in [0.4, 0.5) is 10.1 Å². The van der Waals surface area contributed by atoms with Crippen molar-refractivity contribution in [3.63, 3.8) is 0 Å². The van der Waals surface area contributed by atoms with Crippen LogP contribution in [0.1, 0.15) is 38.3 Å². The molecule has 0 heterocycles. The molecular weight excluding hydrogens is 605 g/mol. The smallest absolute Gasteiger partial charge is 0.264 e. The number of amides is 2. The SMILES string of the molecule is CCOc1ccc(N(CC(=O)N(Cc2ccc(F)cc2)[C@@H](Cc2ccccc2)C(=O)N[C@H](C)CC)S(=O)(=O)c2ccccc2)cc1. The van der Waals surface area contributed by atoms with E-state index in [1.54, 1.807) is 54.6 Å². The van der Waals surface area contributed by atoms with Gasteiger partial charge in [-0.15, -0.1) is 0 Å². The summed E-state index contributed by atoms with van der Waals surface area (Å²) in [4.78, 5) is 29.7. The highest BCUT2D eigenvalue weighted by atomic mass is 32.2. The number of rotatable bonds is 15. The summed E-state index contributed by atoms with van der Waals surface area (Å²) < 4.78 is 48.6. The van der Waals surface area contributed by atoms with Crippen molar-refractivity contribution in [3.8, 4) is 5.75 Å². The van der Waals surface area contributed by atoms with Crippen molar-refractivity contribution in [2.75, 3.05) is 17.5 Å². The lowest BCUT2D eigenvalue weighted by molar-refractivity contribution is -0.140. The van der Waals surface area contributed by atoms with Gasteiger partial charge in [-0.1, -0.05) is 67.6 Å². The van der Waals surface area contributed by atoms with Gasteiger partial charge in [0.05, 0.1) is 17.2 Å². The van der Waals surface area contributed by atoms with Crippen molar-refractivity contribution in [1.82, 2.24) is 10.2 Å². The molecule has 1 N–H and O–H groups in total. The number of hydrogen-bond donors (Lipinski definition) is 1. The van der Waals surface area contributed by atoms with Gasteiger partial charge in [-0.25, -0.2) is 12.8 Å². The Morgan fingerprint density at radius 2 is 1.43 bits per heavy atom. The minimum atomic E-state index is -4.22. The highest BCUT2D eigenvalue weighted by Crippen LogP contribution is 2.27. The van der Waals surface area contributed by atoms with Gasteiger partial charge < -0.3 is 15.0 Å². The topological polar surface area (TPSA) is 96.0 Å². The lowest BCUT2D eigenvalue weighted by Gasteiger charge is -2.34. The highest BCUT2D eigenvalue weighted by molar-refractivity contribution is 7.92. The molecular formula is C36H40FN3O5S. The predicted octanol–water partition coefficient (Wildman–Crippen LogP) is 5.97. The Labute approximate surface area is 270 Å². The zero-order chi connectivity index (χ0) is 33.1. The van der Waals surface area contributed by atoms with E-state index in [1.807, 2.05) is 51.1 Å². The number of carbonyl (C=O) groups excluding carboxylic acids is 2. The quantitative estimate of drug-likeness (QED) is 0.172. The molecule has 46 heavy (non-hydrogen) atoms. The first-order chi connectivity index (χ1) is 22.1. The monoisotopic (exact) mass is 645 g/mol. The van der Waals surface area contributed by atoms with E-state index >= 15 is 0 Å². The molecule has 4 aromatic rings. The molecule has 0 unspecified atom stereocenters. The molecule has 0 saturated heterocycles. The maximum Gasteiger partial charge on any atom is 0.264 e. The number of carbonyl (C=O) groups is 2. The minimum absolute atomic E-state index is 0.0112. The van der Waals surface area contributed by atoms with Crippen LogP contribution in [0, 0.1) is 5.82 Å². The van der Waals surface area contributed by atoms with Gasteiger partial charge in [0, 0.05) is 19.0 Å². The van der Waals surface area contributed by atoms with Gasteiger partial charge in [-0.05, 0) is 79.9 Å². The van der Waals surface area contributed by atoms with E-state index in [0.717, 1.165) is 9.87 Å². The number of halogens is 1. The van der Waals surface area contributed by atoms with Crippen LogP contribution >= 0.6 is 0 Å². The van der Waals surface area contributed by atoms with Crippen molar-refractivity contribution >= 4 is 27.5 Å². The summed E-state index contributed by atoms with van der Waals surface area (Å²) in [5.41, 5.74) is 1.66. The molecule has 8 nitrogen and oxygen atoms in total. The molecule has 0 aromatic heterocycles. The summed E-state index contributed by atoms with van der Waals surface area (Å²) in [6, 6.07) is 28.2. The second-order valence-corrected chi connectivity index (χ2v) is 12.8. The fourth-order valence-corrected chi connectivity index (χ4v) is 6.34. The molecule has 0 spiro atoms. The number of ether oxygens (including phenoxy) is 1. The average Bonchev–Trinajstić information content (AvgIpc) is 3.07. The van der Waals surface area contributed by atoms with E-state index in [0.29, 0.717) is 24.3 Å². The van der Waals surface area contributed by atoms with Gasteiger partial charge in [-0.2, -0.15) is 0 Å². The first-order valence-electron chi connectivity index (χ1n) is 15.3. The highest BCUT2D eigenvalue weighted by Gasteiger charge is 2.35. The summed E-state index contributed by atoms with van der Waals surface area (Å²) >= 11 is 0. The maximum absolute atomic E-state index is 14.5. The van der Waals surface area contributed by atoms with Crippen molar-refractivity contribution in [2.45, 2.75) is 57.1 Å². The Hall–Kier alpha value is -4.70. The largest absolute Gasteiger partial charge is 0.494 e. The second kappa shape index (κ2) is 16.0. The Morgan fingerprint density at radius 3 is 2.02 bits per heavy atom. The van der Waals surface area contributed by atoms with E-state index in [-0.39, 0.29) is 35.5 Å². The maximum atomic E-state index is 14.5. The Balaban J connectivity index is 1.79. The van der Waals surface area contributed by atoms with Gasteiger partial charge in [0.25, 0.3) is 10.0 Å². The van der Waals surface area contributed by atoms with Gasteiger partial charge in [0.2, 0.25) is 11.8 Å². The number of nitrogens with one attached hydrogen (secondary N) is 1. The first kappa shape index (κ1) is 34.2. The van der Waals surface area contributed by atoms with Crippen LogP contribution in [0.25, 0.3) is 0 Å². The van der Waals surface area contributed by atoms with Gasteiger partial charge in [-0.3, -0.25) is 13.9 Å². The molecule has 242 valence electrons. The number of anilines is 1. The summed E-state index contributed by atoms with van der Waals surface area (Å²) in [5, 5.41) is 3.00. The molecule has 4 rings (SSSR count). The van der Waals surface area contributed by atoms with E-state index < -0.39 is 34.3 Å². The van der Waals surface area contributed by atoms with Crippen LogP contribution < -0.4 is 14.4 Å². The zero-order valence-corrected chi connectivity index (χ0v) is 27.1. The minimum Gasteiger partial charge on any atom is -0.494 e. The molecule has 0 saturated carbocycles. The molecule has 0 aliphatic carbocycles. The molecule has 2 atom stereocenters. The number of benzene rings is 4. The standard InChI is InChI=1S/C36H40FN3O5S/c1-4-27(3)38-36(42)34(24-28-12-8-6-9-13-28)39(25-29-16-18-30(37)19-17-29)35(41)26-40(31-20-22-32(23-21-31)45-5-2)46(43,44)33-14-10-7-11-15-33/h6-23,27,34H,4-5,24-26H2,1-3H3,(H,38,42)/t27-,34+/m1/s1. The van der Waals surface area contributed by atoms with Crippen LogP contribution in [0.2, 0.25) is 0 Å². The third kappa shape index (κ3) is 8.94. The molecule has 0 aliphatic heterocycles. The first-order valence-corrected chi connectivity index (χ1v) is 16.7. The third-order valence-corrected chi connectivity index (χ3v) is 9.37. The van der Waals surface area contributed by atoms with Gasteiger partial charge >= 0.3 is 0 Å². The fourth-order valence-electron chi connectivity index (χ4n) is 4.91. The Morgan fingerprint density at radius 1 is 0.826 bits per heavy atom. The van der Waals surface area contributed by atoms with Crippen molar-refractivity contribution in [3.05, 3.63) is 126 Å². The average molecular weight is 646 g/mol. The molecule has 0 fully saturated rings.